The summed E-state index contributed by atoms with van der Waals surface area (Å²) >= 11 is 0. The minimum atomic E-state index is -2.04. The van der Waals surface area contributed by atoms with Gasteiger partial charge in [0.15, 0.2) is 11.9 Å². The summed E-state index contributed by atoms with van der Waals surface area (Å²) in [6.45, 7) is 7.11. The summed E-state index contributed by atoms with van der Waals surface area (Å²) in [6.07, 6.45) is -10.1. The fraction of sp³-hybridized carbons (Fsp3) is 0.636. The molecule has 25 nitrogen and oxygen atoms in total. The van der Waals surface area contributed by atoms with Gasteiger partial charge in [-0.1, -0.05) is 40.7 Å². The molecule has 1 saturated heterocycles. The van der Waals surface area contributed by atoms with E-state index in [2.05, 4.69) is 21.3 Å². The number of hydrogen-bond acceptors (Lipinski definition) is 16. The Hall–Kier alpha value is -6.44. The van der Waals surface area contributed by atoms with E-state index in [1.54, 1.807) is 34.6 Å². The molecule has 2 rings (SSSR count). The van der Waals surface area contributed by atoms with Gasteiger partial charge in [-0.15, -0.1) is 0 Å². The number of likely N-dealkylation sites (N-methyl/N-ethyl adjacent to an activating group) is 3. The van der Waals surface area contributed by atoms with Crippen molar-refractivity contribution >= 4 is 64.9 Å². The number of amides is 8. The summed E-state index contributed by atoms with van der Waals surface area (Å²) in [4.78, 5) is 130. The summed E-state index contributed by atoms with van der Waals surface area (Å²) in [5.74, 6) is -7.39. The third-order valence-electron chi connectivity index (χ3n) is 10.7. The number of aliphatic hydroxyl groups excluding tert-OH is 3. The van der Waals surface area contributed by atoms with Gasteiger partial charge in [0.05, 0.1) is 31.2 Å². The van der Waals surface area contributed by atoms with Crippen molar-refractivity contribution in [3.63, 3.8) is 0 Å². The van der Waals surface area contributed by atoms with Gasteiger partial charge in [-0.05, 0) is 42.9 Å². The molecule has 1 heterocycles. The van der Waals surface area contributed by atoms with Crippen molar-refractivity contribution in [3.05, 3.63) is 23.8 Å². The van der Waals surface area contributed by atoms with Crippen LogP contribution in [-0.2, 0) is 59.2 Å². The summed E-state index contributed by atoms with van der Waals surface area (Å²) in [7, 11) is 4.22. The molecule has 1 fully saturated rings. The van der Waals surface area contributed by atoms with Crippen molar-refractivity contribution in [2.24, 2.45) is 17.6 Å². The number of carboxylic acid groups (broad SMARTS) is 1. The molecule has 386 valence electrons. The van der Waals surface area contributed by atoms with Gasteiger partial charge in [-0.3, -0.25) is 38.4 Å². The molecule has 1 aromatic rings. The number of benzene rings is 1. The molecular weight excluding hydrogens is 913 g/mol. The largest absolute Gasteiger partial charge is 0.479 e. The lowest BCUT2D eigenvalue weighted by molar-refractivity contribution is -0.271. The number of rotatable bonds is 27. The molecule has 1 aliphatic heterocycles. The van der Waals surface area contributed by atoms with Crippen molar-refractivity contribution in [3.8, 4) is 5.75 Å². The van der Waals surface area contributed by atoms with E-state index in [0.717, 1.165) is 9.80 Å². The number of carboxylic acids is 1. The van der Waals surface area contributed by atoms with Crippen LogP contribution in [0.25, 0.3) is 0 Å². The average molecular weight is 981 g/mol. The van der Waals surface area contributed by atoms with Crippen LogP contribution < -0.4 is 31.7 Å². The van der Waals surface area contributed by atoms with Crippen LogP contribution in [0.4, 0.5) is 10.5 Å². The SMILES string of the molecule is CCC(=O)CN(C)C(=O)CN(C)C(=O)CN(C)C(=O)CCCC(=O)N[C@H](C(=O)N[C@@H](CCCNC(N)=O)C(=O)Nc1ccc(COC(=O)C(C)C)cc1O[C@@H]1O[C@H](C(=O)O)[C@@H](O)[C@H](O)[C@H]1O)C(C)C. The molecule has 0 radical (unpaired) electrons. The Morgan fingerprint density at radius 3 is 1.96 bits per heavy atom. The molecule has 7 atom stereocenters. The fourth-order valence-electron chi connectivity index (χ4n) is 6.38. The Kier molecular flexibility index (Phi) is 23.9. The lowest BCUT2D eigenvalue weighted by Gasteiger charge is -2.38. The number of carbonyl (C=O) groups excluding carboxylic acids is 9. The second-order valence-corrected chi connectivity index (χ2v) is 17.2. The summed E-state index contributed by atoms with van der Waals surface area (Å²) in [5.41, 5.74) is 5.34. The second kappa shape index (κ2) is 28.1. The third kappa shape index (κ3) is 19.2. The van der Waals surface area contributed by atoms with Gasteiger partial charge >= 0.3 is 18.0 Å². The molecule has 8 amide bonds. The number of nitrogens with two attached hydrogens (primary N) is 1. The Morgan fingerprint density at radius 1 is 0.783 bits per heavy atom. The van der Waals surface area contributed by atoms with E-state index in [1.807, 2.05) is 0 Å². The monoisotopic (exact) mass is 980 g/mol. The molecule has 10 N–H and O–H groups in total. The topological polar surface area (TPSA) is 363 Å². The Morgan fingerprint density at radius 2 is 1.39 bits per heavy atom. The first-order chi connectivity index (χ1) is 32.3. The number of aliphatic hydroxyl groups is 3. The minimum absolute atomic E-state index is 0.00828. The van der Waals surface area contributed by atoms with Crippen molar-refractivity contribution in [2.75, 3.05) is 52.6 Å². The standard InChI is InChI=1S/C44H68N8O17/c1-9-26(53)19-50(6)32(56)21-52(8)33(57)20-51(7)31(55)14-10-13-30(54)49-34(23(2)3)40(62)48-28(12-11-17-46-44(45)66)39(61)47-27-16-15-25(22-67-42(65)24(4)5)18-29(27)68-43-37(60)35(58)36(59)38(69-43)41(63)64/h15-16,18,23-24,28,34-38,43,58-60H,9-14,17,19-22H2,1-8H3,(H,47,61)(H,48,62)(H,49,54)(H,63,64)(H3,45,46,66)/t28-,34-,35-,36-,37+,38-,43+/m0/s1. The van der Waals surface area contributed by atoms with Crippen LogP contribution in [0.1, 0.15) is 78.7 Å². The van der Waals surface area contributed by atoms with Gasteiger partial charge in [0.2, 0.25) is 41.7 Å². The highest BCUT2D eigenvalue weighted by molar-refractivity contribution is 5.99. The van der Waals surface area contributed by atoms with E-state index < -0.39 is 108 Å². The Labute approximate surface area is 399 Å². The summed E-state index contributed by atoms with van der Waals surface area (Å²) < 4.78 is 16.4. The number of Topliss-reactive ketones (excluding diaryl/α,β-unsaturated/α-hetero) is 1. The maximum atomic E-state index is 14.0. The fourth-order valence-corrected chi connectivity index (χ4v) is 6.38. The molecule has 1 aromatic carbocycles. The zero-order chi connectivity index (χ0) is 52.3. The number of anilines is 1. The van der Waals surface area contributed by atoms with E-state index >= 15 is 0 Å². The van der Waals surface area contributed by atoms with Crippen molar-refractivity contribution in [1.29, 1.82) is 0 Å². The number of nitrogens with one attached hydrogen (secondary N) is 4. The zero-order valence-corrected chi connectivity index (χ0v) is 40.2. The number of nitrogens with zero attached hydrogens (tertiary/aromatic N) is 3. The van der Waals surface area contributed by atoms with Gasteiger partial charge < -0.3 is 76.3 Å². The van der Waals surface area contributed by atoms with Crippen molar-refractivity contribution < 1.29 is 82.6 Å². The molecule has 0 unspecified atom stereocenters. The predicted molar refractivity (Wildman–Crippen MR) is 242 cm³/mol. The maximum absolute atomic E-state index is 14.0. The van der Waals surface area contributed by atoms with Crippen LogP contribution in [0, 0.1) is 11.8 Å². The number of hydrogen-bond donors (Lipinski definition) is 9. The van der Waals surface area contributed by atoms with Crippen LogP contribution in [0.2, 0.25) is 0 Å². The first-order valence-corrected chi connectivity index (χ1v) is 22.3. The number of carbonyl (C=O) groups is 10. The molecule has 1 aliphatic rings. The van der Waals surface area contributed by atoms with Gasteiger partial charge in [-0.25, -0.2) is 9.59 Å². The number of esters is 1. The molecule has 0 spiro atoms. The van der Waals surface area contributed by atoms with Gasteiger partial charge in [-0.2, -0.15) is 0 Å². The summed E-state index contributed by atoms with van der Waals surface area (Å²) in [6, 6.07) is 0.612. The smallest absolute Gasteiger partial charge is 0.335 e. The van der Waals surface area contributed by atoms with Gasteiger partial charge in [0.1, 0.15) is 42.8 Å². The predicted octanol–water partition coefficient (Wildman–Crippen LogP) is -1.81. The number of ether oxygens (including phenoxy) is 3. The van der Waals surface area contributed by atoms with Crippen molar-refractivity contribution in [2.45, 2.75) is 123 Å². The quantitative estimate of drug-likeness (QED) is 0.0347. The Bertz CT molecular complexity index is 2000. The molecule has 0 bridgehead atoms. The van der Waals surface area contributed by atoms with E-state index in [0.29, 0.717) is 5.56 Å². The molecule has 0 aromatic heterocycles. The lowest BCUT2D eigenvalue weighted by Crippen LogP contribution is -2.61. The van der Waals surface area contributed by atoms with Crippen LogP contribution in [0.5, 0.6) is 5.75 Å². The molecular formula is C44H68N8O17. The van der Waals surface area contributed by atoms with Crippen molar-refractivity contribution in [1.82, 2.24) is 30.7 Å². The van der Waals surface area contributed by atoms with Crippen LogP contribution in [0.15, 0.2) is 18.2 Å². The highest BCUT2D eigenvalue weighted by atomic mass is 16.7. The van der Waals surface area contributed by atoms with E-state index in [-0.39, 0.29) is 88.5 Å². The molecule has 25 heteroatoms. The van der Waals surface area contributed by atoms with E-state index in [9.17, 15) is 68.4 Å². The summed E-state index contributed by atoms with van der Waals surface area (Å²) in [5, 5.41) is 51.0. The second-order valence-electron chi connectivity index (χ2n) is 17.2. The number of ketones is 1. The number of urea groups is 1. The van der Waals surface area contributed by atoms with E-state index in [4.69, 9.17) is 19.9 Å². The minimum Gasteiger partial charge on any atom is -0.479 e. The van der Waals surface area contributed by atoms with E-state index in [1.165, 1.54) is 44.2 Å². The van der Waals surface area contributed by atoms with Gasteiger partial charge in [0.25, 0.3) is 0 Å². The molecule has 69 heavy (non-hydrogen) atoms. The number of aliphatic carboxylic acids is 1. The molecule has 0 saturated carbocycles. The Balaban J connectivity index is 2.22. The third-order valence-corrected chi connectivity index (χ3v) is 10.7. The first kappa shape index (κ1) is 58.7. The van der Waals surface area contributed by atoms with Gasteiger partial charge in [0, 0.05) is 47.0 Å². The normalized spacial score (nSPS) is 18.5. The highest BCUT2D eigenvalue weighted by Gasteiger charge is 2.48. The highest BCUT2D eigenvalue weighted by Crippen LogP contribution is 2.32. The molecule has 0 aliphatic carbocycles. The number of primary amides is 1. The maximum Gasteiger partial charge on any atom is 0.335 e. The first-order valence-electron chi connectivity index (χ1n) is 22.3. The van der Waals surface area contributed by atoms with Crippen LogP contribution in [-0.4, -0.2) is 184 Å². The van der Waals surface area contributed by atoms with Crippen LogP contribution >= 0.6 is 0 Å². The van der Waals surface area contributed by atoms with Crippen LogP contribution in [0.3, 0.4) is 0 Å². The zero-order valence-electron chi connectivity index (χ0n) is 40.2. The lowest BCUT2D eigenvalue weighted by atomic mass is 9.99. The average Bonchev–Trinajstić information content (AvgIpc) is 3.28.